The molecule has 0 spiro atoms. The Labute approximate surface area is 170 Å². The molecule has 29 heavy (non-hydrogen) atoms. The van der Waals surface area contributed by atoms with Gasteiger partial charge in [0.2, 0.25) is 5.95 Å². The molecule has 0 saturated carbocycles. The first-order valence-corrected chi connectivity index (χ1v) is 10.3. The average molecular weight is 387 g/mol. The number of aryl methyl sites for hydroxylation is 1. The maximum atomic E-state index is 5.78. The van der Waals surface area contributed by atoms with E-state index in [-0.39, 0.29) is 0 Å². The van der Waals surface area contributed by atoms with Crippen LogP contribution in [0.4, 0.5) is 11.8 Å². The fourth-order valence-corrected chi connectivity index (χ4v) is 4.22. The maximum Gasteiger partial charge on any atom is 0.226 e. The highest BCUT2D eigenvalue weighted by Gasteiger charge is 2.24. The topological polar surface area (TPSA) is 77.2 Å². The summed E-state index contributed by atoms with van der Waals surface area (Å²) in [6.07, 6.45) is 5.02. The standard InChI is InChI=1S/C23H25N5O/c24-22-8-7-19(15-25-22)21-14-20(26-23(27-21)28-9-11-29-12-10-28)18-6-5-16-3-1-2-4-17(16)13-18/h1-4,7-8,14-15,18H,5-6,9-13H2,(H2,24,25). The molecule has 3 heterocycles. The van der Waals surface area contributed by atoms with Gasteiger partial charge in [0.1, 0.15) is 5.82 Å². The molecule has 6 nitrogen and oxygen atoms in total. The molecule has 5 rings (SSSR count). The van der Waals surface area contributed by atoms with Crippen LogP contribution in [0.5, 0.6) is 0 Å². The van der Waals surface area contributed by atoms with Crippen LogP contribution < -0.4 is 10.6 Å². The van der Waals surface area contributed by atoms with Crippen molar-refractivity contribution in [3.05, 3.63) is 65.5 Å². The molecule has 1 aliphatic heterocycles. The first-order chi connectivity index (χ1) is 14.3. The smallest absolute Gasteiger partial charge is 0.226 e. The Hall–Kier alpha value is -2.99. The number of nitrogen functional groups attached to an aromatic ring is 1. The normalized spacial score (nSPS) is 19.0. The molecular weight excluding hydrogens is 362 g/mol. The maximum absolute atomic E-state index is 5.78. The zero-order valence-corrected chi connectivity index (χ0v) is 16.4. The van der Waals surface area contributed by atoms with E-state index in [0.717, 1.165) is 55.3 Å². The van der Waals surface area contributed by atoms with Crippen LogP contribution in [0.1, 0.15) is 29.2 Å². The number of hydrogen-bond acceptors (Lipinski definition) is 6. The van der Waals surface area contributed by atoms with Gasteiger partial charge in [-0.25, -0.2) is 15.0 Å². The molecule has 0 radical (unpaired) electrons. The molecule has 1 unspecified atom stereocenters. The third kappa shape index (κ3) is 3.80. The number of pyridine rings is 1. The second kappa shape index (κ2) is 7.79. The molecule has 1 aromatic carbocycles. The number of aromatic nitrogens is 3. The molecule has 0 amide bonds. The van der Waals surface area contributed by atoms with Gasteiger partial charge in [-0.1, -0.05) is 24.3 Å². The molecule has 1 fully saturated rings. The zero-order valence-electron chi connectivity index (χ0n) is 16.4. The predicted molar refractivity (Wildman–Crippen MR) is 114 cm³/mol. The van der Waals surface area contributed by atoms with Crippen molar-refractivity contribution in [2.24, 2.45) is 0 Å². The van der Waals surface area contributed by atoms with Gasteiger partial charge in [0, 0.05) is 30.8 Å². The van der Waals surface area contributed by atoms with E-state index < -0.39 is 0 Å². The van der Waals surface area contributed by atoms with Gasteiger partial charge in [0.25, 0.3) is 0 Å². The van der Waals surface area contributed by atoms with Crippen LogP contribution >= 0.6 is 0 Å². The summed E-state index contributed by atoms with van der Waals surface area (Å²) in [5, 5.41) is 0. The summed E-state index contributed by atoms with van der Waals surface area (Å²) in [6, 6.07) is 14.7. The number of hydrogen-bond donors (Lipinski definition) is 1. The van der Waals surface area contributed by atoms with Crippen LogP contribution in [0.2, 0.25) is 0 Å². The van der Waals surface area contributed by atoms with Gasteiger partial charge in [-0.05, 0) is 48.6 Å². The van der Waals surface area contributed by atoms with Crippen molar-refractivity contribution in [2.45, 2.75) is 25.2 Å². The van der Waals surface area contributed by atoms with Crippen LogP contribution in [0.3, 0.4) is 0 Å². The Kier molecular flexibility index (Phi) is 4.86. The van der Waals surface area contributed by atoms with Crippen molar-refractivity contribution in [3.63, 3.8) is 0 Å². The van der Waals surface area contributed by atoms with E-state index in [1.54, 1.807) is 6.20 Å². The van der Waals surface area contributed by atoms with E-state index in [1.807, 2.05) is 12.1 Å². The quantitative estimate of drug-likeness (QED) is 0.743. The Bertz CT molecular complexity index is 998. The minimum absolute atomic E-state index is 0.396. The number of nitrogens with two attached hydrogens (primary N) is 1. The third-order valence-electron chi connectivity index (χ3n) is 5.88. The lowest BCUT2D eigenvalue weighted by molar-refractivity contribution is 0.122. The van der Waals surface area contributed by atoms with Crippen LogP contribution in [0.15, 0.2) is 48.7 Å². The van der Waals surface area contributed by atoms with Crippen molar-refractivity contribution in [3.8, 4) is 11.3 Å². The highest BCUT2D eigenvalue weighted by Crippen LogP contribution is 2.34. The molecular formula is C23H25N5O. The largest absolute Gasteiger partial charge is 0.384 e. The van der Waals surface area contributed by atoms with Gasteiger partial charge in [-0.15, -0.1) is 0 Å². The lowest BCUT2D eigenvalue weighted by Crippen LogP contribution is -2.37. The molecule has 0 bridgehead atoms. The van der Waals surface area contributed by atoms with E-state index in [2.05, 4.69) is 40.2 Å². The van der Waals surface area contributed by atoms with Gasteiger partial charge in [-0.3, -0.25) is 0 Å². The van der Waals surface area contributed by atoms with Crippen LogP contribution in [-0.2, 0) is 17.6 Å². The van der Waals surface area contributed by atoms with Gasteiger partial charge in [-0.2, -0.15) is 0 Å². The van der Waals surface area contributed by atoms with Gasteiger partial charge >= 0.3 is 0 Å². The van der Waals surface area contributed by atoms with Crippen molar-refractivity contribution < 1.29 is 4.74 Å². The lowest BCUT2D eigenvalue weighted by atomic mass is 9.82. The number of benzene rings is 1. The number of anilines is 2. The SMILES string of the molecule is Nc1ccc(-c2cc(C3CCc4ccccc4C3)nc(N3CCOCC3)n2)cn1. The highest BCUT2D eigenvalue weighted by atomic mass is 16.5. The number of ether oxygens (including phenoxy) is 1. The van der Waals surface area contributed by atoms with E-state index in [9.17, 15) is 0 Å². The van der Waals surface area contributed by atoms with Gasteiger partial charge in [0.05, 0.1) is 24.6 Å². The van der Waals surface area contributed by atoms with Crippen molar-refractivity contribution in [2.75, 3.05) is 36.9 Å². The minimum Gasteiger partial charge on any atom is -0.384 e. The fraction of sp³-hybridized carbons (Fsp3) is 0.348. The number of fused-ring (bicyclic) bond motifs is 1. The lowest BCUT2D eigenvalue weighted by Gasteiger charge is -2.29. The summed E-state index contributed by atoms with van der Waals surface area (Å²) < 4.78 is 5.51. The van der Waals surface area contributed by atoms with E-state index in [4.69, 9.17) is 20.4 Å². The Balaban J connectivity index is 1.53. The van der Waals surface area contributed by atoms with E-state index in [0.29, 0.717) is 24.9 Å². The minimum atomic E-state index is 0.396. The summed E-state index contributed by atoms with van der Waals surface area (Å²) in [5.41, 5.74) is 11.7. The van der Waals surface area contributed by atoms with Crippen LogP contribution in [0.25, 0.3) is 11.3 Å². The summed E-state index contributed by atoms with van der Waals surface area (Å²) in [4.78, 5) is 16.4. The fourth-order valence-electron chi connectivity index (χ4n) is 4.22. The molecule has 2 aromatic heterocycles. The van der Waals surface area contributed by atoms with Gasteiger partial charge < -0.3 is 15.4 Å². The molecule has 2 N–H and O–H groups in total. The molecule has 1 atom stereocenters. The number of rotatable bonds is 3. The molecule has 3 aromatic rings. The Morgan fingerprint density at radius 2 is 1.83 bits per heavy atom. The summed E-state index contributed by atoms with van der Waals surface area (Å²) in [5.74, 6) is 1.70. The Morgan fingerprint density at radius 3 is 2.62 bits per heavy atom. The monoisotopic (exact) mass is 387 g/mol. The second-order valence-corrected chi connectivity index (χ2v) is 7.76. The molecule has 6 heteroatoms. The number of morpholine rings is 1. The first-order valence-electron chi connectivity index (χ1n) is 10.3. The second-order valence-electron chi connectivity index (χ2n) is 7.76. The average Bonchev–Trinajstić information content (AvgIpc) is 2.79. The zero-order chi connectivity index (χ0) is 19.6. The van der Waals surface area contributed by atoms with E-state index in [1.165, 1.54) is 11.1 Å². The molecule has 1 aliphatic carbocycles. The highest BCUT2D eigenvalue weighted by molar-refractivity contribution is 5.61. The number of nitrogens with zero attached hydrogens (tertiary/aromatic N) is 4. The summed E-state index contributed by atoms with van der Waals surface area (Å²) in [6.45, 7) is 3.05. The molecule has 1 saturated heterocycles. The van der Waals surface area contributed by atoms with Crippen molar-refractivity contribution in [1.82, 2.24) is 15.0 Å². The first kappa shape index (κ1) is 18.1. The predicted octanol–water partition coefficient (Wildman–Crippen LogP) is 3.23. The van der Waals surface area contributed by atoms with E-state index >= 15 is 0 Å². The van der Waals surface area contributed by atoms with Crippen LogP contribution in [0, 0.1) is 0 Å². The summed E-state index contributed by atoms with van der Waals surface area (Å²) >= 11 is 0. The summed E-state index contributed by atoms with van der Waals surface area (Å²) in [7, 11) is 0. The van der Waals surface area contributed by atoms with Crippen molar-refractivity contribution >= 4 is 11.8 Å². The molecule has 2 aliphatic rings. The third-order valence-corrected chi connectivity index (χ3v) is 5.88. The van der Waals surface area contributed by atoms with Gasteiger partial charge in [0.15, 0.2) is 0 Å². The van der Waals surface area contributed by atoms with Crippen LogP contribution in [-0.4, -0.2) is 41.3 Å². The van der Waals surface area contributed by atoms with Crippen molar-refractivity contribution in [1.29, 1.82) is 0 Å². The molecule has 148 valence electrons. The Morgan fingerprint density at radius 1 is 1.00 bits per heavy atom.